The molecule has 1 fully saturated rings. The van der Waals surface area contributed by atoms with Gasteiger partial charge in [-0.25, -0.2) is 0 Å². The summed E-state index contributed by atoms with van der Waals surface area (Å²) in [5, 5.41) is 20.2. The maximum Gasteiger partial charge on any atom is 0.139 e. The highest BCUT2D eigenvalue weighted by Gasteiger charge is 2.39. The number of unbranched alkanes of at least 4 members (excludes halogenated alkanes) is 2. The summed E-state index contributed by atoms with van der Waals surface area (Å²) in [6, 6.07) is 9.91. The fraction of sp³-hybridized carbons (Fsp3) is 0.550. The largest absolute Gasteiger partial charge is 0.392 e. The van der Waals surface area contributed by atoms with Crippen molar-refractivity contribution in [3.05, 3.63) is 48.0 Å². The van der Waals surface area contributed by atoms with E-state index in [2.05, 4.69) is 6.92 Å². The number of aliphatic hydroxyl groups is 2. The lowest BCUT2D eigenvalue weighted by molar-refractivity contribution is -0.121. The first-order chi connectivity index (χ1) is 11.1. The van der Waals surface area contributed by atoms with Crippen LogP contribution in [0.5, 0.6) is 0 Å². The van der Waals surface area contributed by atoms with Crippen molar-refractivity contribution < 1.29 is 15.0 Å². The van der Waals surface area contributed by atoms with Gasteiger partial charge in [-0.05, 0) is 18.4 Å². The monoisotopic (exact) mass is 316 g/mol. The molecule has 0 unspecified atom stereocenters. The van der Waals surface area contributed by atoms with Gasteiger partial charge in [0.25, 0.3) is 0 Å². The molecular weight excluding hydrogens is 288 g/mol. The lowest BCUT2D eigenvalue weighted by Gasteiger charge is -2.18. The Morgan fingerprint density at radius 1 is 1.26 bits per heavy atom. The van der Waals surface area contributed by atoms with Crippen molar-refractivity contribution in [1.82, 2.24) is 0 Å². The first-order valence-electron chi connectivity index (χ1n) is 8.73. The highest BCUT2D eigenvalue weighted by atomic mass is 16.3. The Labute approximate surface area is 139 Å². The number of hydrogen-bond acceptors (Lipinski definition) is 3. The molecule has 0 saturated heterocycles. The van der Waals surface area contributed by atoms with Crippen molar-refractivity contribution in [3.63, 3.8) is 0 Å². The zero-order valence-electron chi connectivity index (χ0n) is 13.9. The highest BCUT2D eigenvalue weighted by Crippen LogP contribution is 2.33. The molecule has 2 rings (SSSR count). The van der Waals surface area contributed by atoms with Crippen molar-refractivity contribution in [1.29, 1.82) is 0 Å². The van der Waals surface area contributed by atoms with E-state index in [1.807, 2.05) is 36.4 Å². The maximum atomic E-state index is 12.2. The Morgan fingerprint density at radius 3 is 2.70 bits per heavy atom. The van der Waals surface area contributed by atoms with Crippen molar-refractivity contribution in [2.45, 2.75) is 57.7 Å². The Morgan fingerprint density at radius 2 is 2.00 bits per heavy atom. The molecule has 1 aromatic rings. The maximum absolute atomic E-state index is 12.2. The van der Waals surface area contributed by atoms with E-state index in [-0.39, 0.29) is 24.0 Å². The molecule has 0 radical (unpaired) electrons. The first kappa shape index (κ1) is 17.9. The molecule has 2 N–H and O–H groups in total. The molecule has 4 atom stereocenters. The predicted octanol–water partition coefficient (Wildman–Crippen LogP) is 3.29. The highest BCUT2D eigenvalue weighted by molar-refractivity contribution is 5.85. The standard InChI is InChI=1S/C20H28O3/c1-2-3-5-10-16(21)11-12-17-18(20(23)14-19(17)22)13-15-8-6-4-7-9-15/h4,6-9,11-12,16-19,21-22H,2-3,5,10,13-14H2,1H3/b12-11+/t16-,17+,18+,19+/m0/s1. The Bertz CT molecular complexity index is 509. The second-order valence-electron chi connectivity index (χ2n) is 6.56. The molecule has 0 spiro atoms. The predicted molar refractivity (Wildman–Crippen MR) is 92.0 cm³/mol. The number of hydrogen-bond donors (Lipinski definition) is 2. The summed E-state index contributed by atoms with van der Waals surface area (Å²) in [5.74, 6) is -0.258. The molecule has 23 heavy (non-hydrogen) atoms. The normalized spacial score (nSPS) is 26.0. The molecule has 1 saturated carbocycles. The molecule has 0 bridgehead atoms. The van der Waals surface area contributed by atoms with Crippen LogP contribution < -0.4 is 0 Å². The average molecular weight is 316 g/mol. The van der Waals surface area contributed by atoms with Gasteiger partial charge in [0, 0.05) is 18.3 Å². The van der Waals surface area contributed by atoms with Crippen LogP contribution in [0.4, 0.5) is 0 Å². The molecule has 0 aliphatic heterocycles. The van der Waals surface area contributed by atoms with Gasteiger partial charge in [0.15, 0.2) is 0 Å². The number of Topliss-reactive ketones (excluding diaryl/α,β-unsaturated/α-hetero) is 1. The van der Waals surface area contributed by atoms with Gasteiger partial charge in [-0.15, -0.1) is 0 Å². The van der Waals surface area contributed by atoms with E-state index in [0.29, 0.717) is 6.42 Å². The minimum Gasteiger partial charge on any atom is -0.392 e. The van der Waals surface area contributed by atoms with E-state index in [9.17, 15) is 15.0 Å². The molecule has 1 aliphatic carbocycles. The van der Waals surface area contributed by atoms with Crippen molar-refractivity contribution in [3.8, 4) is 0 Å². The lowest BCUT2D eigenvalue weighted by Crippen LogP contribution is -2.21. The number of rotatable bonds is 8. The Hall–Kier alpha value is -1.45. The fourth-order valence-corrected chi connectivity index (χ4v) is 3.31. The Kier molecular flexibility index (Phi) is 7.00. The van der Waals surface area contributed by atoms with Crippen molar-refractivity contribution >= 4 is 5.78 Å². The molecule has 1 aliphatic rings. The minimum atomic E-state index is -0.629. The summed E-state index contributed by atoms with van der Waals surface area (Å²) in [6.45, 7) is 2.14. The summed E-state index contributed by atoms with van der Waals surface area (Å²) >= 11 is 0. The van der Waals surface area contributed by atoms with Crippen LogP contribution in [0.25, 0.3) is 0 Å². The van der Waals surface area contributed by atoms with E-state index in [1.165, 1.54) is 0 Å². The molecule has 0 heterocycles. The fourth-order valence-electron chi connectivity index (χ4n) is 3.31. The van der Waals surface area contributed by atoms with E-state index in [0.717, 1.165) is 31.2 Å². The van der Waals surface area contributed by atoms with Crippen LogP contribution >= 0.6 is 0 Å². The quantitative estimate of drug-likeness (QED) is 0.571. The third kappa shape index (κ3) is 5.29. The Balaban J connectivity index is 1.98. The van der Waals surface area contributed by atoms with E-state index in [4.69, 9.17) is 0 Å². The average Bonchev–Trinajstić information content (AvgIpc) is 2.80. The molecule has 3 nitrogen and oxygen atoms in total. The zero-order valence-corrected chi connectivity index (χ0v) is 13.9. The first-order valence-corrected chi connectivity index (χ1v) is 8.73. The molecule has 3 heteroatoms. The van der Waals surface area contributed by atoms with Gasteiger partial charge in [-0.1, -0.05) is 68.7 Å². The van der Waals surface area contributed by atoms with Gasteiger partial charge in [-0.2, -0.15) is 0 Å². The van der Waals surface area contributed by atoms with Gasteiger partial charge in [0.1, 0.15) is 5.78 Å². The zero-order chi connectivity index (χ0) is 16.7. The van der Waals surface area contributed by atoms with Crippen LogP contribution in [-0.4, -0.2) is 28.2 Å². The summed E-state index contributed by atoms with van der Waals surface area (Å²) in [6.07, 6.45) is 7.37. The van der Waals surface area contributed by atoms with Crippen LogP contribution in [0.3, 0.4) is 0 Å². The van der Waals surface area contributed by atoms with Crippen molar-refractivity contribution in [2.75, 3.05) is 0 Å². The van der Waals surface area contributed by atoms with Crippen molar-refractivity contribution in [2.24, 2.45) is 11.8 Å². The summed E-state index contributed by atoms with van der Waals surface area (Å²) < 4.78 is 0. The number of carbonyl (C=O) groups is 1. The summed E-state index contributed by atoms with van der Waals surface area (Å²) in [4.78, 5) is 12.2. The summed E-state index contributed by atoms with van der Waals surface area (Å²) in [5.41, 5.74) is 1.11. The molecule has 126 valence electrons. The minimum absolute atomic E-state index is 0.122. The van der Waals surface area contributed by atoms with Crippen LogP contribution in [0.1, 0.15) is 44.6 Å². The van der Waals surface area contributed by atoms with Gasteiger partial charge >= 0.3 is 0 Å². The van der Waals surface area contributed by atoms with E-state index < -0.39 is 12.2 Å². The van der Waals surface area contributed by atoms with Gasteiger partial charge < -0.3 is 10.2 Å². The SMILES string of the molecule is CCCCC[C@H](O)/C=C/[C@H]1[C@H](O)CC(=O)[C@@H]1Cc1ccccc1. The third-order valence-corrected chi connectivity index (χ3v) is 4.69. The van der Waals surface area contributed by atoms with Gasteiger partial charge in [-0.3, -0.25) is 4.79 Å². The topological polar surface area (TPSA) is 57.5 Å². The third-order valence-electron chi connectivity index (χ3n) is 4.69. The number of aliphatic hydroxyl groups excluding tert-OH is 2. The smallest absolute Gasteiger partial charge is 0.139 e. The lowest BCUT2D eigenvalue weighted by atomic mass is 9.87. The molecule has 0 amide bonds. The van der Waals surface area contributed by atoms with E-state index in [1.54, 1.807) is 6.08 Å². The van der Waals surface area contributed by atoms with Gasteiger partial charge in [0.2, 0.25) is 0 Å². The molecule has 1 aromatic carbocycles. The van der Waals surface area contributed by atoms with Crippen LogP contribution in [0, 0.1) is 11.8 Å². The second kappa shape index (κ2) is 8.99. The number of ketones is 1. The van der Waals surface area contributed by atoms with Crippen LogP contribution in [0.2, 0.25) is 0 Å². The summed E-state index contributed by atoms with van der Waals surface area (Å²) in [7, 11) is 0. The van der Waals surface area contributed by atoms with Gasteiger partial charge in [0.05, 0.1) is 12.2 Å². The number of carbonyl (C=O) groups excluding carboxylic acids is 1. The van der Waals surface area contributed by atoms with Crippen LogP contribution in [0.15, 0.2) is 42.5 Å². The van der Waals surface area contributed by atoms with Crippen LogP contribution in [-0.2, 0) is 11.2 Å². The second-order valence-corrected chi connectivity index (χ2v) is 6.56. The molecular formula is C20H28O3. The molecule has 0 aromatic heterocycles. The van der Waals surface area contributed by atoms with E-state index >= 15 is 0 Å². The number of benzene rings is 1.